The Balaban J connectivity index is 0.00000225. The normalized spacial score (nSPS) is 13.9. The van der Waals surface area contributed by atoms with E-state index in [1.54, 1.807) is 5.12 Å². The van der Waals surface area contributed by atoms with Crippen molar-refractivity contribution in [3.05, 3.63) is 96.1 Å². The number of hydrazine groups is 1. The highest BCUT2D eigenvalue weighted by atomic mass is 35.5. The second-order valence-corrected chi connectivity index (χ2v) is 5.99. The van der Waals surface area contributed by atoms with E-state index in [0.29, 0.717) is 5.69 Å². The highest BCUT2D eigenvalue weighted by molar-refractivity contribution is 5.93. The van der Waals surface area contributed by atoms with Crippen LogP contribution in [0, 0.1) is 0 Å². The van der Waals surface area contributed by atoms with E-state index < -0.39 is 11.7 Å². The van der Waals surface area contributed by atoms with Gasteiger partial charge in [-0.1, -0.05) is 41.5 Å². The monoisotopic (exact) mass is 404 g/mol. The van der Waals surface area contributed by atoms with Crippen LogP contribution in [0.15, 0.2) is 90.0 Å². The molecule has 1 heterocycles. The summed E-state index contributed by atoms with van der Waals surface area (Å²) in [6.07, 6.45) is -4.37. The van der Waals surface area contributed by atoms with E-state index >= 15 is 0 Å². The summed E-state index contributed by atoms with van der Waals surface area (Å²) in [6.45, 7) is 0. The van der Waals surface area contributed by atoms with Crippen molar-refractivity contribution >= 4 is 17.2 Å². The van der Waals surface area contributed by atoms with Crippen LogP contribution in [-0.4, -0.2) is 5.84 Å². The Kier molecular flexibility index (Phi) is 5.58. The molecule has 0 saturated heterocycles. The topological polar surface area (TPSA) is 35.5 Å². The molecule has 0 bridgehead atoms. The lowest BCUT2D eigenvalue weighted by Gasteiger charge is -2.24. The highest BCUT2D eigenvalue weighted by Gasteiger charge is 2.33. The van der Waals surface area contributed by atoms with Gasteiger partial charge in [-0.2, -0.15) is 18.6 Å². The molecule has 0 spiro atoms. The second kappa shape index (κ2) is 7.92. The molecular weight excluding hydrogens is 389 g/mol. The minimum Gasteiger partial charge on any atom is -1.00 e. The van der Waals surface area contributed by atoms with Gasteiger partial charge in [0, 0.05) is 0 Å². The fourth-order valence-corrected chi connectivity index (χ4v) is 2.82. The largest absolute Gasteiger partial charge is 1.00 e. The Labute approximate surface area is 166 Å². The zero-order chi connectivity index (χ0) is 18.9. The third-order valence-corrected chi connectivity index (χ3v) is 4.17. The van der Waals surface area contributed by atoms with Gasteiger partial charge in [-0.05, 0) is 48.5 Å². The number of nitrogens with zero attached hydrogens (tertiary/aromatic N) is 3. The molecule has 0 atom stereocenters. The summed E-state index contributed by atoms with van der Waals surface area (Å²) in [6, 6.07) is 24.1. The highest BCUT2D eigenvalue weighted by Crippen LogP contribution is 2.31. The predicted molar refractivity (Wildman–Crippen MR) is 97.7 cm³/mol. The Morgan fingerprint density at radius 3 is 1.86 bits per heavy atom. The van der Waals surface area contributed by atoms with Crippen LogP contribution < -0.4 is 28.1 Å². The molecule has 0 radical (unpaired) electrons. The van der Waals surface area contributed by atoms with Crippen LogP contribution >= 0.6 is 0 Å². The lowest BCUT2D eigenvalue weighted by molar-refractivity contribution is -0.545. The van der Waals surface area contributed by atoms with Gasteiger partial charge in [0.2, 0.25) is 0 Å². The van der Waals surface area contributed by atoms with Crippen molar-refractivity contribution in [1.82, 2.24) is 0 Å². The van der Waals surface area contributed by atoms with Crippen LogP contribution in [0.25, 0.3) is 0 Å². The van der Waals surface area contributed by atoms with Gasteiger partial charge >= 0.3 is 6.18 Å². The average Bonchev–Trinajstić information content (AvgIpc) is 3.14. The molecule has 0 aromatic heterocycles. The minimum absolute atomic E-state index is 0. The van der Waals surface area contributed by atoms with Gasteiger partial charge in [-0.3, -0.25) is 0 Å². The summed E-state index contributed by atoms with van der Waals surface area (Å²) in [5, 5.41) is 8.02. The Hall–Kier alpha value is -3.03. The van der Waals surface area contributed by atoms with Gasteiger partial charge in [-0.25, -0.2) is 0 Å². The van der Waals surface area contributed by atoms with Crippen LogP contribution in [0.5, 0.6) is 0 Å². The van der Waals surface area contributed by atoms with Gasteiger partial charge in [0.1, 0.15) is 5.69 Å². The molecule has 3 aromatic carbocycles. The number of hydrazone groups is 1. The molecule has 8 heteroatoms. The standard InChI is InChI=1S/C20H15F3N4.ClH/c21-20(22,23)16-11-13-18(14-12-16)27-25-19(15-7-3-1-4-8-15)24-26(27)17-9-5-2-6-10-17;/h1-14H,(H,24,25);1H. The molecule has 0 unspecified atom stereocenters. The minimum atomic E-state index is -4.37. The van der Waals surface area contributed by atoms with E-state index in [1.807, 2.05) is 71.2 Å². The Morgan fingerprint density at radius 2 is 1.29 bits per heavy atom. The average molecular weight is 405 g/mol. The fourth-order valence-electron chi connectivity index (χ4n) is 2.82. The van der Waals surface area contributed by atoms with Gasteiger partial charge in [0.25, 0.3) is 5.84 Å². The molecule has 0 aliphatic carbocycles. The van der Waals surface area contributed by atoms with Crippen molar-refractivity contribution in [2.45, 2.75) is 6.18 Å². The number of benzene rings is 3. The van der Waals surface area contributed by atoms with Crippen LogP contribution in [-0.2, 0) is 6.18 Å². The van der Waals surface area contributed by atoms with E-state index in [9.17, 15) is 13.2 Å². The number of anilines is 2. The molecule has 1 aliphatic rings. The molecule has 144 valence electrons. The van der Waals surface area contributed by atoms with Crippen LogP contribution in [0.4, 0.5) is 24.5 Å². The summed E-state index contributed by atoms with van der Waals surface area (Å²) < 4.78 is 38.6. The number of amidine groups is 1. The molecule has 4 nitrogen and oxygen atoms in total. The maximum Gasteiger partial charge on any atom is 0.416 e. The van der Waals surface area contributed by atoms with Gasteiger partial charge < -0.3 is 12.4 Å². The van der Waals surface area contributed by atoms with E-state index in [1.165, 1.54) is 12.1 Å². The van der Waals surface area contributed by atoms with Gasteiger partial charge in [0.05, 0.1) is 16.8 Å². The SMILES string of the molecule is FC(F)(F)c1ccc(N2N=C(c3ccccc3)[NH2+]N2c2ccccc2)cc1.[Cl-]. The van der Waals surface area contributed by atoms with Crippen molar-refractivity contribution in [2.75, 3.05) is 10.2 Å². The predicted octanol–water partition coefficient (Wildman–Crippen LogP) is 0.791. The first-order valence-corrected chi connectivity index (χ1v) is 8.33. The molecule has 1 aliphatic heterocycles. The smallest absolute Gasteiger partial charge is 0.416 e. The quantitative estimate of drug-likeness (QED) is 0.655. The zero-order valence-electron chi connectivity index (χ0n) is 14.5. The first-order valence-electron chi connectivity index (χ1n) is 8.33. The van der Waals surface area contributed by atoms with Crippen LogP contribution in [0.1, 0.15) is 11.1 Å². The summed E-state index contributed by atoms with van der Waals surface area (Å²) in [5.41, 5.74) is 3.49. The molecule has 28 heavy (non-hydrogen) atoms. The maximum absolute atomic E-state index is 12.9. The lowest BCUT2D eigenvalue weighted by atomic mass is 10.2. The van der Waals surface area contributed by atoms with Crippen LogP contribution in [0.2, 0.25) is 0 Å². The van der Waals surface area contributed by atoms with Crippen molar-refractivity contribution < 1.29 is 31.0 Å². The van der Waals surface area contributed by atoms with Crippen molar-refractivity contribution in [1.29, 1.82) is 0 Å². The van der Waals surface area contributed by atoms with Crippen LogP contribution in [0.3, 0.4) is 0 Å². The first-order chi connectivity index (χ1) is 13.0. The fraction of sp³-hybridized carbons (Fsp3) is 0.0500. The molecule has 3 aromatic rings. The number of quaternary nitrogens is 1. The Bertz CT molecular complexity index is 945. The van der Waals surface area contributed by atoms with Crippen molar-refractivity contribution in [2.24, 2.45) is 5.10 Å². The number of rotatable bonds is 3. The first kappa shape index (κ1) is 19.7. The second-order valence-electron chi connectivity index (χ2n) is 5.99. The van der Waals surface area contributed by atoms with Crippen molar-refractivity contribution in [3.63, 3.8) is 0 Å². The number of halogens is 4. The van der Waals surface area contributed by atoms with E-state index in [-0.39, 0.29) is 12.4 Å². The molecule has 0 amide bonds. The van der Waals surface area contributed by atoms with Crippen molar-refractivity contribution in [3.8, 4) is 0 Å². The molecule has 0 fully saturated rings. The summed E-state index contributed by atoms with van der Waals surface area (Å²) >= 11 is 0. The molecule has 0 saturated carbocycles. The molecular formula is C20H16ClF3N4. The third kappa shape index (κ3) is 3.95. The third-order valence-electron chi connectivity index (χ3n) is 4.17. The summed E-state index contributed by atoms with van der Waals surface area (Å²) in [7, 11) is 0. The van der Waals surface area contributed by atoms with E-state index in [0.717, 1.165) is 29.2 Å². The van der Waals surface area contributed by atoms with Gasteiger partial charge in [0.15, 0.2) is 0 Å². The number of alkyl halides is 3. The number of nitrogens with two attached hydrogens (primary N) is 1. The summed E-state index contributed by atoms with van der Waals surface area (Å²) in [4.78, 5) is 0. The molecule has 4 rings (SSSR count). The van der Waals surface area contributed by atoms with Gasteiger partial charge in [-0.15, -0.1) is 10.2 Å². The van der Waals surface area contributed by atoms with E-state index in [4.69, 9.17) is 0 Å². The van der Waals surface area contributed by atoms with E-state index in [2.05, 4.69) is 5.10 Å². The maximum atomic E-state index is 12.9. The number of hydrogen-bond acceptors (Lipinski definition) is 3. The lowest BCUT2D eigenvalue weighted by Crippen LogP contribution is -3.00. The Morgan fingerprint density at radius 1 is 0.714 bits per heavy atom. The number of para-hydroxylation sites is 1. The summed E-state index contributed by atoms with van der Waals surface area (Å²) in [5.74, 6) is 0.722. The zero-order valence-corrected chi connectivity index (χ0v) is 15.3. The molecule has 2 N–H and O–H groups in total. The number of hydrogen-bond donors (Lipinski definition) is 1.